The number of halogens is 2. The van der Waals surface area contributed by atoms with Gasteiger partial charge in [-0.2, -0.15) is 0 Å². The Morgan fingerprint density at radius 1 is 1.17 bits per heavy atom. The Bertz CT molecular complexity index is 896. The monoisotopic (exact) mass is 475 g/mol. The number of nitrogens with two attached hydrogens (primary N) is 1. The molecule has 2 amide bonds. The number of aryl methyl sites for hydroxylation is 1. The molecule has 0 heterocycles. The molecule has 0 aromatic heterocycles. The second-order valence-corrected chi connectivity index (χ2v) is 9.41. The van der Waals surface area contributed by atoms with Crippen LogP contribution in [0.25, 0.3) is 0 Å². The van der Waals surface area contributed by atoms with Crippen molar-refractivity contribution in [2.75, 3.05) is 10.2 Å². The average molecular weight is 476 g/mol. The van der Waals surface area contributed by atoms with E-state index in [1.807, 2.05) is 31.2 Å². The molecule has 0 aliphatic heterocycles. The van der Waals surface area contributed by atoms with Gasteiger partial charge < -0.3 is 11.1 Å². The van der Waals surface area contributed by atoms with Crippen LogP contribution in [0.1, 0.15) is 51.5 Å². The molecule has 162 valence electrons. The van der Waals surface area contributed by atoms with Gasteiger partial charge in [-0.05, 0) is 65.2 Å². The maximum absolute atomic E-state index is 14.6. The maximum atomic E-state index is 14.6. The maximum Gasteiger partial charge on any atom is 0.323 e. The van der Waals surface area contributed by atoms with Gasteiger partial charge in [0.1, 0.15) is 5.82 Å². The van der Waals surface area contributed by atoms with Gasteiger partial charge in [0.05, 0.1) is 21.5 Å². The van der Waals surface area contributed by atoms with Gasteiger partial charge in [0.15, 0.2) is 0 Å². The van der Waals surface area contributed by atoms with E-state index in [0.717, 1.165) is 5.56 Å². The van der Waals surface area contributed by atoms with Crippen molar-refractivity contribution in [2.24, 2.45) is 17.6 Å². The van der Waals surface area contributed by atoms with Crippen molar-refractivity contribution < 1.29 is 9.18 Å². The third kappa shape index (κ3) is 4.97. The van der Waals surface area contributed by atoms with Crippen LogP contribution in [0, 0.1) is 24.6 Å². The summed E-state index contributed by atoms with van der Waals surface area (Å²) in [4.78, 5) is 14.0. The predicted octanol–water partition coefficient (Wildman–Crippen LogP) is 7.13. The highest BCUT2D eigenvalue weighted by molar-refractivity contribution is 9.10. The summed E-state index contributed by atoms with van der Waals surface area (Å²) in [5.74, 6) is 0.522. The van der Waals surface area contributed by atoms with E-state index in [4.69, 9.17) is 5.73 Å². The molecule has 1 aliphatic carbocycles. The van der Waals surface area contributed by atoms with E-state index < -0.39 is 6.03 Å². The van der Waals surface area contributed by atoms with Gasteiger partial charge >= 0.3 is 6.03 Å². The summed E-state index contributed by atoms with van der Waals surface area (Å²) in [5, 5.41) is 3.60. The molecule has 1 aliphatic rings. The lowest BCUT2D eigenvalue weighted by Crippen LogP contribution is -2.37. The van der Waals surface area contributed by atoms with Gasteiger partial charge in [-0.15, -0.1) is 0 Å². The van der Waals surface area contributed by atoms with Gasteiger partial charge in [-0.1, -0.05) is 51.3 Å². The standard InChI is InChI=1S/C24H31BrFN3O/c1-15(2)23(17-10-5-4-6-11-17)28-20-14-19(26)18(25)13-22(20)29(24(27)30)21-12-8-7-9-16(21)3/h7-9,12-15,17,23,28H,4-6,10-11H2,1-3H3,(H2,27,30). The van der Waals surface area contributed by atoms with Crippen LogP contribution < -0.4 is 16.0 Å². The van der Waals surface area contributed by atoms with Crippen LogP contribution in [0.2, 0.25) is 0 Å². The number of nitrogens with one attached hydrogen (secondary N) is 1. The highest BCUT2D eigenvalue weighted by Crippen LogP contribution is 2.39. The summed E-state index contributed by atoms with van der Waals surface area (Å²) >= 11 is 3.28. The van der Waals surface area contributed by atoms with Crippen molar-refractivity contribution in [3.8, 4) is 0 Å². The number of benzene rings is 2. The average Bonchev–Trinajstić information content (AvgIpc) is 2.71. The molecular weight excluding hydrogens is 445 g/mol. The number of hydrogen-bond acceptors (Lipinski definition) is 2. The number of carbonyl (C=O) groups excluding carboxylic acids is 1. The van der Waals surface area contributed by atoms with Gasteiger partial charge in [-0.25, -0.2) is 9.18 Å². The van der Waals surface area contributed by atoms with E-state index in [1.54, 1.807) is 6.07 Å². The van der Waals surface area contributed by atoms with Crippen LogP contribution in [0.4, 0.5) is 26.2 Å². The van der Waals surface area contributed by atoms with Crippen LogP contribution in [-0.4, -0.2) is 12.1 Å². The molecule has 30 heavy (non-hydrogen) atoms. The first-order valence-corrected chi connectivity index (χ1v) is 11.5. The van der Waals surface area contributed by atoms with Crippen molar-refractivity contribution in [2.45, 2.75) is 58.9 Å². The van der Waals surface area contributed by atoms with E-state index in [1.165, 1.54) is 43.1 Å². The fraction of sp³-hybridized carbons (Fsp3) is 0.458. The number of nitrogens with zero attached hydrogens (tertiary/aromatic N) is 1. The first kappa shape index (κ1) is 22.6. The number of primary amides is 1. The normalized spacial score (nSPS) is 15.8. The Labute approximate surface area is 187 Å². The summed E-state index contributed by atoms with van der Waals surface area (Å²) in [5.41, 5.74) is 8.54. The zero-order valence-electron chi connectivity index (χ0n) is 17.9. The molecule has 2 aromatic rings. The third-order valence-electron chi connectivity index (χ3n) is 6.05. The lowest BCUT2D eigenvalue weighted by atomic mass is 9.79. The molecular formula is C24H31BrFN3O. The molecule has 3 rings (SSSR count). The van der Waals surface area contributed by atoms with Crippen LogP contribution in [0.5, 0.6) is 0 Å². The third-order valence-corrected chi connectivity index (χ3v) is 6.66. The number of anilines is 3. The summed E-state index contributed by atoms with van der Waals surface area (Å²) in [6.07, 6.45) is 6.08. The molecule has 0 radical (unpaired) electrons. The predicted molar refractivity (Wildman–Crippen MR) is 126 cm³/mol. The minimum absolute atomic E-state index is 0.191. The molecule has 2 aromatic carbocycles. The van der Waals surface area contributed by atoms with Gasteiger partial charge in [0.25, 0.3) is 0 Å². The van der Waals surface area contributed by atoms with Crippen LogP contribution in [0.3, 0.4) is 0 Å². The van der Waals surface area contributed by atoms with E-state index >= 15 is 0 Å². The lowest BCUT2D eigenvalue weighted by molar-refractivity contribution is 0.256. The highest BCUT2D eigenvalue weighted by Gasteiger charge is 2.29. The number of hydrogen-bond donors (Lipinski definition) is 2. The minimum Gasteiger partial charge on any atom is -0.380 e. The topological polar surface area (TPSA) is 58.4 Å². The van der Waals surface area contributed by atoms with Crippen molar-refractivity contribution in [3.63, 3.8) is 0 Å². The molecule has 1 saturated carbocycles. The van der Waals surface area contributed by atoms with E-state index in [0.29, 0.717) is 33.4 Å². The zero-order chi connectivity index (χ0) is 21.8. The van der Waals surface area contributed by atoms with Crippen molar-refractivity contribution >= 4 is 39.0 Å². The van der Waals surface area contributed by atoms with Gasteiger partial charge in [0, 0.05) is 12.1 Å². The second-order valence-electron chi connectivity index (χ2n) is 8.56. The van der Waals surface area contributed by atoms with Crippen LogP contribution in [0.15, 0.2) is 40.9 Å². The van der Waals surface area contributed by atoms with Gasteiger partial charge in [-0.3, -0.25) is 4.90 Å². The molecule has 0 bridgehead atoms. The molecule has 3 N–H and O–H groups in total. The second kappa shape index (κ2) is 9.82. The minimum atomic E-state index is -0.607. The summed E-state index contributed by atoms with van der Waals surface area (Å²) in [6.45, 7) is 6.30. The Hall–Kier alpha value is -2.08. The molecule has 0 spiro atoms. The smallest absolute Gasteiger partial charge is 0.323 e. The van der Waals surface area contributed by atoms with Crippen molar-refractivity contribution in [1.82, 2.24) is 0 Å². The fourth-order valence-corrected chi connectivity index (χ4v) is 4.85. The van der Waals surface area contributed by atoms with E-state index in [2.05, 4.69) is 35.1 Å². The largest absolute Gasteiger partial charge is 0.380 e. The van der Waals surface area contributed by atoms with Crippen molar-refractivity contribution in [1.29, 1.82) is 0 Å². The van der Waals surface area contributed by atoms with E-state index in [9.17, 15) is 9.18 Å². The molecule has 1 fully saturated rings. The lowest BCUT2D eigenvalue weighted by Gasteiger charge is -2.36. The molecule has 4 nitrogen and oxygen atoms in total. The number of rotatable bonds is 6. The van der Waals surface area contributed by atoms with E-state index in [-0.39, 0.29) is 11.9 Å². The number of para-hydroxylation sites is 1. The van der Waals surface area contributed by atoms with Crippen molar-refractivity contribution in [3.05, 3.63) is 52.3 Å². The Balaban J connectivity index is 2.07. The summed E-state index contributed by atoms with van der Waals surface area (Å²) in [7, 11) is 0. The Morgan fingerprint density at radius 2 is 1.83 bits per heavy atom. The molecule has 0 saturated heterocycles. The number of amides is 2. The molecule has 1 unspecified atom stereocenters. The Kier molecular flexibility index (Phi) is 7.40. The molecule has 1 atom stereocenters. The molecule has 6 heteroatoms. The Morgan fingerprint density at radius 3 is 2.43 bits per heavy atom. The number of carbonyl (C=O) groups is 1. The fourth-order valence-electron chi connectivity index (χ4n) is 4.52. The summed E-state index contributed by atoms with van der Waals surface area (Å²) < 4.78 is 14.9. The highest BCUT2D eigenvalue weighted by atomic mass is 79.9. The first-order valence-electron chi connectivity index (χ1n) is 10.7. The number of urea groups is 1. The quantitative estimate of drug-likeness (QED) is 0.466. The van der Waals surface area contributed by atoms with Crippen LogP contribution in [-0.2, 0) is 0 Å². The summed E-state index contributed by atoms with van der Waals surface area (Å²) in [6, 6.07) is 10.2. The van der Waals surface area contributed by atoms with Crippen LogP contribution >= 0.6 is 15.9 Å². The SMILES string of the molecule is Cc1ccccc1N(C(N)=O)c1cc(Br)c(F)cc1NC(C(C)C)C1CCCCC1. The van der Waals surface area contributed by atoms with Gasteiger partial charge in [0.2, 0.25) is 0 Å². The zero-order valence-corrected chi connectivity index (χ0v) is 19.5. The first-order chi connectivity index (χ1) is 14.3.